The van der Waals surface area contributed by atoms with Gasteiger partial charge in [-0.2, -0.15) is 0 Å². The maximum Gasteiger partial charge on any atom is 0.150 e. The van der Waals surface area contributed by atoms with Gasteiger partial charge in [0.1, 0.15) is 25.3 Å². The van der Waals surface area contributed by atoms with E-state index in [-0.39, 0.29) is 6.61 Å². The molecule has 3 nitrogen and oxygen atoms in total. The van der Waals surface area contributed by atoms with Crippen molar-refractivity contribution in [3.63, 3.8) is 0 Å². The fourth-order valence-corrected chi connectivity index (χ4v) is 0.920. The van der Waals surface area contributed by atoms with Crippen molar-refractivity contribution >= 4 is 12.0 Å². The molecule has 0 fully saturated rings. The second-order valence-electron chi connectivity index (χ2n) is 2.45. The van der Waals surface area contributed by atoms with Crippen molar-refractivity contribution in [2.45, 2.75) is 0 Å². The van der Waals surface area contributed by atoms with E-state index < -0.39 is 6.67 Å². The molecule has 0 saturated heterocycles. The lowest BCUT2D eigenvalue weighted by atomic mass is 10.2. The van der Waals surface area contributed by atoms with Gasteiger partial charge in [0.25, 0.3) is 0 Å². The summed E-state index contributed by atoms with van der Waals surface area (Å²) in [5.41, 5.74) is 6.35. The van der Waals surface area contributed by atoms with Crippen LogP contribution in [0.5, 0.6) is 5.75 Å². The van der Waals surface area contributed by atoms with Crippen LogP contribution in [0.1, 0.15) is 10.4 Å². The third-order valence-corrected chi connectivity index (χ3v) is 1.50. The number of nitrogens with two attached hydrogens (primary N) is 1. The fourth-order valence-electron chi connectivity index (χ4n) is 0.920. The van der Waals surface area contributed by atoms with Crippen LogP contribution in [0.2, 0.25) is 0 Å². The molecule has 0 aliphatic rings. The van der Waals surface area contributed by atoms with E-state index in [1.807, 2.05) is 0 Å². The predicted octanol–water partition coefficient (Wildman–Crippen LogP) is 1.43. The van der Waals surface area contributed by atoms with Gasteiger partial charge in [-0.25, -0.2) is 4.39 Å². The second-order valence-corrected chi connectivity index (χ2v) is 2.45. The first-order chi connectivity index (χ1) is 6.27. The monoisotopic (exact) mass is 183 g/mol. The Balaban J connectivity index is 2.79. The molecule has 0 atom stereocenters. The van der Waals surface area contributed by atoms with Gasteiger partial charge in [-0.05, 0) is 18.2 Å². The summed E-state index contributed by atoms with van der Waals surface area (Å²) in [7, 11) is 0. The predicted molar refractivity (Wildman–Crippen MR) is 47.7 cm³/mol. The summed E-state index contributed by atoms with van der Waals surface area (Å²) in [5, 5.41) is 0. The molecule has 0 aliphatic heterocycles. The van der Waals surface area contributed by atoms with Gasteiger partial charge in [-0.3, -0.25) is 4.79 Å². The van der Waals surface area contributed by atoms with Crippen molar-refractivity contribution in [3.05, 3.63) is 23.8 Å². The van der Waals surface area contributed by atoms with E-state index in [1.165, 1.54) is 6.07 Å². The van der Waals surface area contributed by atoms with E-state index in [2.05, 4.69) is 0 Å². The van der Waals surface area contributed by atoms with E-state index in [1.54, 1.807) is 12.1 Å². The number of aldehydes is 1. The molecule has 0 radical (unpaired) electrons. The van der Waals surface area contributed by atoms with E-state index >= 15 is 0 Å². The lowest BCUT2D eigenvalue weighted by molar-refractivity contribution is 0.112. The molecule has 0 saturated carbocycles. The molecule has 0 unspecified atom stereocenters. The minimum absolute atomic E-state index is 0.0232. The highest BCUT2D eigenvalue weighted by atomic mass is 19.1. The number of ether oxygens (including phenoxy) is 1. The molecule has 0 spiro atoms. The van der Waals surface area contributed by atoms with Crippen molar-refractivity contribution in [1.29, 1.82) is 0 Å². The van der Waals surface area contributed by atoms with Gasteiger partial charge in [0, 0.05) is 5.56 Å². The van der Waals surface area contributed by atoms with Gasteiger partial charge in [-0.1, -0.05) is 0 Å². The summed E-state index contributed by atoms with van der Waals surface area (Å²) in [6.07, 6.45) is 0.690. The lowest BCUT2D eigenvalue weighted by Gasteiger charge is -2.06. The Morgan fingerprint density at radius 1 is 1.54 bits per heavy atom. The summed E-state index contributed by atoms with van der Waals surface area (Å²) in [6, 6.07) is 4.60. The largest absolute Gasteiger partial charge is 0.489 e. The zero-order chi connectivity index (χ0) is 9.68. The smallest absolute Gasteiger partial charge is 0.150 e. The van der Waals surface area contributed by atoms with E-state index in [9.17, 15) is 9.18 Å². The highest BCUT2D eigenvalue weighted by molar-refractivity contribution is 5.78. The van der Waals surface area contributed by atoms with Gasteiger partial charge in [0.05, 0.1) is 5.69 Å². The van der Waals surface area contributed by atoms with Crippen molar-refractivity contribution in [3.8, 4) is 5.75 Å². The quantitative estimate of drug-likeness (QED) is 0.567. The first-order valence-electron chi connectivity index (χ1n) is 3.81. The van der Waals surface area contributed by atoms with Gasteiger partial charge in [-0.15, -0.1) is 0 Å². The number of hydrogen-bond donors (Lipinski definition) is 1. The van der Waals surface area contributed by atoms with Crippen molar-refractivity contribution < 1.29 is 13.9 Å². The molecular weight excluding hydrogens is 173 g/mol. The molecular formula is C9H10FNO2. The summed E-state index contributed by atoms with van der Waals surface area (Å²) in [5.74, 6) is 0.406. The highest BCUT2D eigenvalue weighted by Gasteiger charge is 2.00. The number of hydrogen-bond acceptors (Lipinski definition) is 3. The molecule has 70 valence electrons. The fraction of sp³-hybridized carbons (Fsp3) is 0.222. The number of rotatable bonds is 4. The number of carbonyl (C=O) groups excluding carboxylic acids is 1. The number of anilines is 1. The maximum absolute atomic E-state index is 11.7. The number of nitrogen functional groups attached to an aromatic ring is 1. The van der Waals surface area contributed by atoms with E-state index in [0.717, 1.165) is 0 Å². The minimum Gasteiger partial charge on any atom is -0.489 e. The summed E-state index contributed by atoms with van der Waals surface area (Å²) < 4.78 is 16.7. The Hall–Kier alpha value is -1.58. The van der Waals surface area contributed by atoms with Crippen LogP contribution < -0.4 is 10.5 Å². The Morgan fingerprint density at radius 3 is 2.85 bits per heavy atom. The Labute approximate surface area is 75.3 Å². The standard InChI is InChI=1S/C9H10FNO2/c10-3-4-13-9-2-1-7(6-12)5-8(9)11/h1-2,5-6H,3-4,11H2. The average molecular weight is 183 g/mol. The molecule has 0 aromatic heterocycles. The lowest BCUT2D eigenvalue weighted by Crippen LogP contribution is -2.01. The summed E-state index contributed by atoms with van der Waals surface area (Å²) >= 11 is 0. The van der Waals surface area contributed by atoms with Crippen LogP contribution in [0.15, 0.2) is 18.2 Å². The average Bonchev–Trinajstić information content (AvgIpc) is 2.16. The van der Waals surface area contributed by atoms with Crippen molar-refractivity contribution in [1.82, 2.24) is 0 Å². The molecule has 2 N–H and O–H groups in total. The third-order valence-electron chi connectivity index (χ3n) is 1.50. The molecule has 0 aliphatic carbocycles. The normalized spacial score (nSPS) is 9.62. The first-order valence-corrected chi connectivity index (χ1v) is 3.81. The number of halogens is 1. The Bertz CT molecular complexity index is 302. The molecule has 4 heteroatoms. The molecule has 1 aromatic rings. The van der Waals surface area contributed by atoms with Gasteiger partial charge < -0.3 is 10.5 Å². The summed E-state index contributed by atoms with van der Waals surface area (Å²) in [6.45, 7) is -0.584. The van der Waals surface area contributed by atoms with Crippen LogP contribution in [-0.2, 0) is 0 Å². The Morgan fingerprint density at radius 2 is 2.31 bits per heavy atom. The maximum atomic E-state index is 11.7. The Kier molecular flexibility index (Phi) is 3.25. The van der Waals surface area contributed by atoms with E-state index in [0.29, 0.717) is 23.3 Å². The number of benzene rings is 1. The topological polar surface area (TPSA) is 52.3 Å². The number of carbonyl (C=O) groups is 1. The van der Waals surface area contributed by atoms with E-state index in [4.69, 9.17) is 10.5 Å². The van der Waals surface area contributed by atoms with Crippen LogP contribution in [0, 0.1) is 0 Å². The second kappa shape index (κ2) is 4.45. The van der Waals surface area contributed by atoms with Crippen LogP contribution in [-0.4, -0.2) is 19.6 Å². The minimum atomic E-state index is -0.561. The molecule has 0 bridgehead atoms. The van der Waals surface area contributed by atoms with Crippen LogP contribution in [0.25, 0.3) is 0 Å². The molecule has 0 heterocycles. The van der Waals surface area contributed by atoms with Gasteiger partial charge in [0.2, 0.25) is 0 Å². The number of alkyl halides is 1. The first kappa shape index (κ1) is 9.51. The zero-order valence-corrected chi connectivity index (χ0v) is 7.00. The van der Waals surface area contributed by atoms with Crippen molar-refractivity contribution in [2.24, 2.45) is 0 Å². The molecule has 1 rings (SSSR count). The van der Waals surface area contributed by atoms with Crippen LogP contribution in [0.4, 0.5) is 10.1 Å². The molecule has 1 aromatic carbocycles. The van der Waals surface area contributed by atoms with Gasteiger partial charge in [0.15, 0.2) is 0 Å². The SMILES string of the molecule is Nc1cc(C=O)ccc1OCCF. The molecule has 0 amide bonds. The summed E-state index contributed by atoms with van der Waals surface area (Å²) in [4.78, 5) is 10.3. The van der Waals surface area contributed by atoms with Crippen LogP contribution in [0.3, 0.4) is 0 Å². The van der Waals surface area contributed by atoms with Crippen molar-refractivity contribution in [2.75, 3.05) is 19.0 Å². The third kappa shape index (κ3) is 2.43. The van der Waals surface area contributed by atoms with Gasteiger partial charge >= 0.3 is 0 Å². The van der Waals surface area contributed by atoms with Crippen LogP contribution >= 0.6 is 0 Å². The molecule has 13 heavy (non-hydrogen) atoms. The zero-order valence-electron chi connectivity index (χ0n) is 7.00. The highest BCUT2D eigenvalue weighted by Crippen LogP contribution is 2.21.